The first-order valence-corrected chi connectivity index (χ1v) is 11.6. The minimum Gasteiger partial charge on any atom is -0.291 e. The van der Waals surface area contributed by atoms with Gasteiger partial charge in [-0.05, 0) is 25.4 Å². The van der Waals surface area contributed by atoms with Crippen LogP contribution in [0.4, 0.5) is 0 Å². The molecular weight excluding hydrogens is 297 g/mol. The van der Waals surface area contributed by atoms with Crippen LogP contribution in [0.25, 0.3) is 0 Å². The fourth-order valence-electron chi connectivity index (χ4n) is 1.28. The van der Waals surface area contributed by atoms with Crippen molar-refractivity contribution in [1.82, 2.24) is 5.09 Å². The number of unbranched alkanes of at least 4 members (excludes halogenated alkanes) is 4. The number of hydrogen-bond donors (Lipinski definition) is 1. The van der Waals surface area contributed by atoms with E-state index < -0.39 is 5.70 Å². The Kier molecular flexibility index (Phi) is 11.0. The van der Waals surface area contributed by atoms with Crippen molar-refractivity contribution >= 4 is 46.0 Å². The summed E-state index contributed by atoms with van der Waals surface area (Å²) in [6.07, 6.45) is 9.15. The average Bonchev–Trinajstić information content (AvgIpc) is 2.33. The molecule has 1 amide bonds. The zero-order valence-electron chi connectivity index (χ0n) is 10.4. The lowest BCUT2D eigenvalue weighted by molar-refractivity contribution is -0.119. The van der Waals surface area contributed by atoms with Gasteiger partial charge in [0.25, 0.3) is 5.70 Å². The van der Waals surface area contributed by atoms with E-state index in [9.17, 15) is 9.36 Å². The number of carbonyl (C=O) groups is 1. The van der Waals surface area contributed by atoms with Crippen molar-refractivity contribution in [3.05, 3.63) is 0 Å². The van der Waals surface area contributed by atoms with Crippen molar-refractivity contribution in [2.24, 2.45) is 0 Å². The third-order valence-electron chi connectivity index (χ3n) is 2.28. The molecule has 0 heterocycles. The Morgan fingerprint density at radius 1 is 1.12 bits per heavy atom. The maximum Gasteiger partial charge on any atom is 0.279 e. The molecule has 0 atom stereocenters. The molecule has 102 valence electrons. The van der Waals surface area contributed by atoms with E-state index in [0.29, 0.717) is 12.3 Å². The molecule has 0 bridgehead atoms. The first-order chi connectivity index (χ1) is 8.08. The summed E-state index contributed by atoms with van der Waals surface area (Å²) in [7, 11) is 0. The topological polar surface area (TPSA) is 46.2 Å². The van der Waals surface area contributed by atoms with Gasteiger partial charge in [0.05, 0.1) is 0 Å². The van der Waals surface area contributed by atoms with Gasteiger partial charge in [-0.2, -0.15) is 0 Å². The van der Waals surface area contributed by atoms with Gasteiger partial charge >= 0.3 is 0 Å². The van der Waals surface area contributed by atoms with E-state index in [1.54, 1.807) is 12.5 Å². The molecule has 0 spiro atoms. The highest BCUT2D eigenvalue weighted by Crippen LogP contribution is 2.63. The quantitative estimate of drug-likeness (QED) is 0.365. The minimum atomic E-state index is -2.59. The number of halogens is 1. The molecule has 0 rings (SSSR count). The van der Waals surface area contributed by atoms with Gasteiger partial charge in [0.1, 0.15) is 0 Å². The highest BCUT2D eigenvalue weighted by Gasteiger charge is 2.21. The van der Waals surface area contributed by atoms with Crippen LogP contribution in [0.2, 0.25) is 0 Å². The minimum absolute atomic E-state index is 0.102. The monoisotopic (exact) mass is 317 g/mol. The molecule has 0 aliphatic heterocycles. The van der Waals surface area contributed by atoms with Gasteiger partial charge in [-0.15, -0.1) is 11.6 Å². The van der Waals surface area contributed by atoms with Crippen LogP contribution in [0.1, 0.15) is 38.5 Å². The van der Waals surface area contributed by atoms with Gasteiger partial charge in [-0.25, -0.2) is 0 Å². The van der Waals surface area contributed by atoms with Crippen LogP contribution < -0.4 is 5.09 Å². The number of amides is 1. The van der Waals surface area contributed by atoms with E-state index in [4.69, 9.17) is 11.6 Å². The fourth-order valence-corrected chi connectivity index (χ4v) is 5.17. The van der Waals surface area contributed by atoms with E-state index >= 15 is 0 Å². The van der Waals surface area contributed by atoms with E-state index in [-0.39, 0.29) is 5.91 Å². The average molecular weight is 318 g/mol. The summed E-state index contributed by atoms with van der Waals surface area (Å²) in [5.41, 5.74) is -2.59. The highest BCUT2D eigenvalue weighted by molar-refractivity contribution is 8.89. The first-order valence-electron chi connectivity index (χ1n) is 5.66. The maximum absolute atomic E-state index is 11.9. The van der Waals surface area contributed by atoms with Gasteiger partial charge in [-0.1, -0.05) is 42.0 Å². The normalized spacial score (nSPS) is 11.5. The third-order valence-corrected chi connectivity index (χ3v) is 10.1. The predicted octanol–water partition coefficient (Wildman–Crippen LogP) is 4.52. The second kappa shape index (κ2) is 10.6. The van der Waals surface area contributed by atoms with Crippen molar-refractivity contribution in [3.8, 4) is 0 Å². The third kappa shape index (κ3) is 9.29. The molecule has 0 fully saturated rings. The largest absolute Gasteiger partial charge is 0.291 e. The Morgan fingerprint density at radius 2 is 1.65 bits per heavy atom. The molecule has 0 aliphatic rings. The predicted molar refractivity (Wildman–Crippen MR) is 81.2 cm³/mol. The molecule has 0 aromatic carbocycles. The van der Waals surface area contributed by atoms with Crippen molar-refractivity contribution < 1.29 is 9.36 Å². The summed E-state index contributed by atoms with van der Waals surface area (Å²) in [5.74, 6) is 0.611. The lowest BCUT2D eigenvalue weighted by Gasteiger charge is -2.13. The van der Waals surface area contributed by atoms with Crippen LogP contribution in [-0.4, -0.2) is 24.3 Å². The fraction of sp³-hybridized carbons (Fsp3) is 0.900. The van der Waals surface area contributed by atoms with Gasteiger partial charge in [0.2, 0.25) is 5.91 Å². The van der Waals surface area contributed by atoms with Crippen molar-refractivity contribution in [1.29, 1.82) is 0 Å². The summed E-state index contributed by atoms with van der Waals surface area (Å²) < 4.78 is 11.9. The Labute approximate surface area is 117 Å². The van der Waals surface area contributed by atoms with E-state index in [2.05, 4.69) is 5.09 Å². The highest BCUT2D eigenvalue weighted by atomic mass is 35.5. The molecule has 0 aromatic heterocycles. The standard InChI is InChI=1S/C10H21ClNO2PS2/c1-16-15(14,17-2)12-10(13)8-6-4-3-5-7-9-11/h3-9H2,1-2H3,(H,12,13,14). The Balaban J connectivity index is 3.63. The molecule has 0 saturated heterocycles. The maximum atomic E-state index is 11.9. The molecule has 3 nitrogen and oxygen atoms in total. The lowest BCUT2D eigenvalue weighted by atomic mass is 10.1. The Bertz CT molecular complexity index is 259. The van der Waals surface area contributed by atoms with E-state index in [1.165, 1.54) is 22.8 Å². The van der Waals surface area contributed by atoms with Gasteiger partial charge in [0.15, 0.2) is 0 Å². The number of nitrogens with one attached hydrogen (secondary N) is 1. The first kappa shape index (κ1) is 17.7. The van der Waals surface area contributed by atoms with Crippen LogP contribution in [-0.2, 0) is 9.36 Å². The lowest BCUT2D eigenvalue weighted by Crippen LogP contribution is -2.17. The summed E-state index contributed by atoms with van der Waals surface area (Å²) in [6.45, 7) is 0. The van der Waals surface area contributed by atoms with Gasteiger partial charge in [-0.3, -0.25) is 14.4 Å². The van der Waals surface area contributed by atoms with Crippen LogP contribution in [0, 0.1) is 0 Å². The van der Waals surface area contributed by atoms with Crippen LogP contribution in [0.5, 0.6) is 0 Å². The number of carbonyl (C=O) groups excluding carboxylic acids is 1. The number of alkyl halides is 1. The summed E-state index contributed by atoms with van der Waals surface area (Å²) in [6, 6.07) is 0. The SMILES string of the molecule is CSP(=O)(NC(=O)CCCCCCCCl)SC. The van der Waals surface area contributed by atoms with Crippen LogP contribution in [0.3, 0.4) is 0 Å². The molecular formula is C10H21ClNO2PS2. The molecule has 0 saturated carbocycles. The number of hydrogen-bond acceptors (Lipinski definition) is 4. The smallest absolute Gasteiger partial charge is 0.279 e. The second-order valence-corrected chi connectivity index (χ2v) is 11.9. The molecule has 1 N–H and O–H groups in total. The molecule has 0 unspecified atom stereocenters. The Morgan fingerprint density at radius 3 is 2.18 bits per heavy atom. The molecule has 17 heavy (non-hydrogen) atoms. The van der Waals surface area contributed by atoms with Crippen molar-refractivity contribution in [2.45, 2.75) is 38.5 Å². The van der Waals surface area contributed by atoms with Crippen molar-refractivity contribution in [2.75, 3.05) is 18.4 Å². The zero-order valence-corrected chi connectivity index (χ0v) is 13.7. The summed E-state index contributed by atoms with van der Waals surface area (Å²) >= 11 is 8.02. The van der Waals surface area contributed by atoms with E-state index in [0.717, 1.165) is 32.1 Å². The molecule has 0 radical (unpaired) electrons. The van der Waals surface area contributed by atoms with E-state index in [1.807, 2.05) is 0 Å². The number of rotatable bonds is 10. The molecule has 0 aromatic rings. The van der Waals surface area contributed by atoms with Crippen LogP contribution >= 0.6 is 40.1 Å². The summed E-state index contributed by atoms with van der Waals surface area (Å²) in [5, 5.41) is 2.62. The zero-order chi connectivity index (χ0) is 13.1. The van der Waals surface area contributed by atoms with Crippen LogP contribution in [0.15, 0.2) is 0 Å². The second-order valence-electron chi connectivity index (χ2n) is 3.60. The van der Waals surface area contributed by atoms with Gasteiger partial charge in [0, 0.05) is 12.3 Å². The van der Waals surface area contributed by atoms with Gasteiger partial charge < -0.3 is 0 Å². The molecule has 7 heteroatoms. The van der Waals surface area contributed by atoms with Crippen molar-refractivity contribution in [3.63, 3.8) is 0 Å². The Hall–Kier alpha value is 0.690. The summed E-state index contributed by atoms with van der Waals surface area (Å²) in [4.78, 5) is 11.5. The molecule has 0 aliphatic carbocycles.